The van der Waals surface area contributed by atoms with Gasteiger partial charge in [-0.3, -0.25) is 14.2 Å². The van der Waals surface area contributed by atoms with Crippen molar-refractivity contribution < 1.29 is 24.2 Å². The summed E-state index contributed by atoms with van der Waals surface area (Å²) in [6, 6.07) is 15.5. The van der Waals surface area contributed by atoms with Gasteiger partial charge < -0.3 is 25.2 Å². The van der Waals surface area contributed by atoms with Crippen molar-refractivity contribution in [2.45, 2.75) is 68.2 Å². The molecule has 0 aliphatic carbocycles. The molecule has 0 saturated heterocycles. The zero-order valence-corrected chi connectivity index (χ0v) is 28.3. The number of carboxylic acid groups (broad SMARTS) is 1. The van der Waals surface area contributed by atoms with E-state index >= 15 is 0 Å². The molecule has 2 aromatic heterocycles. The van der Waals surface area contributed by atoms with Crippen LogP contribution >= 0.6 is 0 Å². The van der Waals surface area contributed by atoms with E-state index in [2.05, 4.69) is 48.3 Å². The second kappa shape index (κ2) is 20.7. The van der Waals surface area contributed by atoms with Gasteiger partial charge in [-0.15, -0.1) is 0 Å². The Morgan fingerprint density at radius 1 is 0.957 bits per heavy atom. The van der Waals surface area contributed by atoms with Gasteiger partial charge in [0.25, 0.3) is 11.5 Å². The number of carboxylic acids is 1. The average Bonchev–Trinajstić information content (AvgIpc) is 3.03. The van der Waals surface area contributed by atoms with Crippen molar-refractivity contribution >= 4 is 29.1 Å². The van der Waals surface area contributed by atoms with Crippen LogP contribution in [0.25, 0.3) is 5.82 Å². The Balaban J connectivity index is 0.00000121. The number of ether oxygens (including phenoxy) is 2. The van der Waals surface area contributed by atoms with Crippen LogP contribution in [0.5, 0.6) is 11.5 Å². The fraction of sp³-hybridized carbons (Fsp3) is 0.343. The Morgan fingerprint density at radius 3 is 2.15 bits per heavy atom. The van der Waals surface area contributed by atoms with E-state index in [1.165, 1.54) is 36.9 Å². The van der Waals surface area contributed by atoms with Crippen molar-refractivity contribution in [3.8, 4) is 17.3 Å². The Labute approximate surface area is 271 Å². The first-order chi connectivity index (χ1) is 22.1. The van der Waals surface area contributed by atoms with Gasteiger partial charge in [0.15, 0.2) is 12.4 Å². The smallest absolute Gasteiger partial charge is 0.341 e. The molecule has 3 N–H and O–H groups in total. The van der Waals surface area contributed by atoms with Gasteiger partial charge in [0, 0.05) is 23.6 Å². The zero-order chi connectivity index (χ0) is 34.6. The molecule has 0 atom stereocenters. The molecule has 4 rings (SSSR count). The predicted octanol–water partition coefficient (Wildman–Crippen LogP) is 7.57. The van der Waals surface area contributed by atoms with E-state index in [1.54, 1.807) is 50.2 Å². The normalized spacial score (nSPS) is 9.59. The molecular formula is C35H47N5O6. The number of aromatic nitrogens is 3. The Hall–Kier alpha value is -5.19. The number of rotatable bonds is 9. The molecule has 248 valence electrons. The summed E-state index contributed by atoms with van der Waals surface area (Å²) >= 11 is 0. The third-order valence-corrected chi connectivity index (χ3v) is 5.49. The van der Waals surface area contributed by atoms with Crippen LogP contribution in [-0.4, -0.2) is 45.2 Å². The van der Waals surface area contributed by atoms with Crippen molar-refractivity contribution in [3.05, 3.63) is 94.2 Å². The zero-order valence-electron chi connectivity index (χ0n) is 28.3. The van der Waals surface area contributed by atoms with Crippen molar-refractivity contribution in [1.82, 2.24) is 14.5 Å². The van der Waals surface area contributed by atoms with Crippen molar-refractivity contribution in [2.24, 2.45) is 0 Å². The van der Waals surface area contributed by atoms with Gasteiger partial charge in [-0.2, -0.15) is 0 Å². The predicted molar refractivity (Wildman–Crippen MR) is 184 cm³/mol. The second-order valence-electron chi connectivity index (χ2n) is 9.62. The average molecular weight is 634 g/mol. The van der Waals surface area contributed by atoms with Crippen LogP contribution in [0.4, 0.5) is 17.2 Å². The standard InChI is InChI=1S/C27H25N5O6.2C3H8.C2H6/c1-16-13-22(29-17(2)24(16)38-15-23(33)34)32-12-11-28-25(27(32)36)31-20-14-18(9-10-21(20)37-3)26(35)30-19-7-5-4-6-8-19;2*1-3-2;1-2/h4-14H,15H2,1-3H3,(H,28,31)(H,30,35)(H,33,34);2*3H2,1-2H3;1-2H3. The number of carbonyl (C=O) groups excluding carboxylic acids is 1. The lowest BCUT2D eigenvalue weighted by atomic mass is 10.1. The number of hydrogen-bond acceptors (Lipinski definition) is 8. The van der Waals surface area contributed by atoms with Crippen LogP contribution in [0, 0.1) is 13.8 Å². The van der Waals surface area contributed by atoms with E-state index in [0.717, 1.165) is 0 Å². The van der Waals surface area contributed by atoms with Gasteiger partial charge in [-0.25, -0.2) is 14.8 Å². The van der Waals surface area contributed by atoms with Crippen LogP contribution in [0.3, 0.4) is 0 Å². The number of anilines is 3. The number of carbonyl (C=O) groups is 2. The number of para-hydroxylation sites is 1. The molecular weight excluding hydrogens is 586 g/mol. The minimum atomic E-state index is -1.11. The van der Waals surface area contributed by atoms with E-state index in [9.17, 15) is 14.4 Å². The maximum Gasteiger partial charge on any atom is 0.341 e. The summed E-state index contributed by atoms with van der Waals surface area (Å²) in [4.78, 5) is 45.6. The molecule has 0 aliphatic rings. The lowest BCUT2D eigenvalue weighted by molar-refractivity contribution is -0.139. The highest BCUT2D eigenvalue weighted by Crippen LogP contribution is 2.28. The summed E-state index contributed by atoms with van der Waals surface area (Å²) in [5.74, 6) is -0.406. The molecule has 0 bridgehead atoms. The molecule has 46 heavy (non-hydrogen) atoms. The van der Waals surface area contributed by atoms with Crippen LogP contribution in [-0.2, 0) is 4.79 Å². The van der Waals surface area contributed by atoms with Crippen LogP contribution < -0.4 is 25.7 Å². The molecule has 0 spiro atoms. The molecule has 11 heteroatoms. The van der Waals surface area contributed by atoms with E-state index in [0.29, 0.717) is 45.5 Å². The maximum atomic E-state index is 13.3. The van der Waals surface area contributed by atoms with Crippen molar-refractivity contribution in [2.75, 3.05) is 24.4 Å². The first kappa shape index (κ1) is 38.8. The third-order valence-electron chi connectivity index (χ3n) is 5.49. The van der Waals surface area contributed by atoms with Gasteiger partial charge in [0.1, 0.15) is 17.3 Å². The van der Waals surface area contributed by atoms with Gasteiger partial charge in [0.05, 0.1) is 18.5 Å². The number of pyridine rings is 1. The van der Waals surface area contributed by atoms with Gasteiger partial charge in [0.2, 0.25) is 0 Å². The van der Waals surface area contributed by atoms with E-state index in [4.69, 9.17) is 14.6 Å². The van der Waals surface area contributed by atoms with Crippen LogP contribution in [0.2, 0.25) is 0 Å². The second-order valence-corrected chi connectivity index (χ2v) is 9.62. The molecule has 0 unspecified atom stereocenters. The quantitative estimate of drug-likeness (QED) is 0.170. The molecule has 0 fully saturated rings. The summed E-state index contributed by atoms with van der Waals surface area (Å²) in [5.41, 5.74) is 1.91. The number of methoxy groups -OCH3 is 1. The minimum Gasteiger partial charge on any atom is -0.495 e. The monoisotopic (exact) mass is 633 g/mol. The summed E-state index contributed by atoms with van der Waals surface area (Å²) < 4.78 is 12.0. The Morgan fingerprint density at radius 2 is 1.59 bits per heavy atom. The van der Waals surface area contributed by atoms with Gasteiger partial charge in [-0.05, 0) is 55.8 Å². The van der Waals surface area contributed by atoms with Gasteiger partial charge in [-0.1, -0.05) is 72.6 Å². The molecule has 0 saturated carbocycles. The Bertz CT molecular complexity index is 1560. The summed E-state index contributed by atoms with van der Waals surface area (Å²) in [5, 5.41) is 14.7. The van der Waals surface area contributed by atoms with E-state index in [-0.39, 0.29) is 11.7 Å². The van der Waals surface area contributed by atoms with Gasteiger partial charge >= 0.3 is 5.97 Å². The first-order valence-corrected chi connectivity index (χ1v) is 15.3. The van der Waals surface area contributed by atoms with Crippen LogP contribution in [0.1, 0.15) is 76.0 Å². The number of nitrogens with zero attached hydrogens (tertiary/aromatic N) is 3. The number of hydrogen-bond donors (Lipinski definition) is 3. The summed E-state index contributed by atoms with van der Waals surface area (Å²) in [6.45, 7) is 15.4. The maximum absolute atomic E-state index is 13.3. The highest BCUT2D eigenvalue weighted by atomic mass is 16.5. The molecule has 2 heterocycles. The highest BCUT2D eigenvalue weighted by molar-refractivity contribution is 6.05. The van der Waals surface area contributed by atoms with E-state index < -0.39 is 18.1 Å². The summed E-state index contributed by atoms with van der Waals surface area (Å²) in [7, 11) is 1.48. The number of aliphatic carboxylic acids is 1. The molecule has 4 aromatic rings. The van der Waals surface area contributed by atoms with Crippen molar-refractivity contribution in [3.63, 3.8) is 0 Å². The number of nitrogens with one attached hydrogen (secondary N) is 2. The number of aryl methyl sites for hydroxylation is 2. The Kier molecular flexibility index (Phi) is 17.5. The summed E-state index contributed by atoms with van der Waals surface area (Å²) in [6.07, 6.45) is 5.40. The molecule has 11 nitrogen and oxygen atoms in total. The molecule has 1 amide bonds. The number of benzene rings is 2. The lowest BCUT2D eigenvalue weighted by Gasteiger charge is -2.15. The first-order valence-electron chi connectivity index (χ1n) is 15.3. The minimum absolute atomic E-state index is 0.0188. The fourth-order valence-electron chi connectivity index (χ4n) is 3.75. The van der Waals surface area contributed by atoms with Crippen molar-refractivity contribution in [1.29, 1.82) is 0 Å². The number of amides is 1. The molecule has 0 aliphatic heterocycles. The highest BCUT2D eigenvalue weighted by Gasteiger charge is 2.16. The largest absolute Gasteiger partial charge is 0.495 e. The molecule has 0 radical (unpaired) electrons. The fourth-order valence-corrected chi connectivity index (χ4v) is 3.75. The van der Waals surface area contributed by atoms with Crippen LogP contribution in [0.15, 0.2) is 71.8 Å². The lowest BCUT2D eigenvalue weighted by Crippen LogP contribution is -2.23. The SMILES string of the molecule is CC.CCC.CCC.COc1ccc(C(=O)Nc2ccccc2)cc1Nc1nccn(-c2cc(C)c(OCC(=O)O)c(C)n2)c1=O. The third kappa shape index (κ3) is 11.7. The molecule has 2 aromatic carbocycles. The topological polar surface area (TPSA) is 145 Å². The van der Waals surface area contributed by atoms with E-state index in [1.807, 2.05) is 32.0 Å².